The molecule has 0 heterocycles. The normalized spacial score (nSPS) is 14.9. The van der Waals surface area contributed by atoms with E-state index in [1.54, 1.807) is 0 Å². The van der Waals surface area contributed by atoms with E-state index in [0.717, 1.165) is 11.1 Å². The van der Waals surface area contributed by atoms with Gasteiger partial charge in [0.2, 0.25) is 0 Å². The molecule has 0 aliphatic heterocycles. The first-order valence-electron chi connectivity index (χ1n) is 5.81. The summed E-state index contributed by atoms with van der Waals surface area (Å²) in [5, 5.41) is 10.2. The van der Waals surface area contributed by atoms with Gasteiger partial charge in [-0.15, -0.1) is 12.4 Å². The summed E-state index contributed by atoms with van der Waals surface area (Å²) < 4.78 is 0. The Morgan fingerprint density at radius 2 is 1.76 bits per heavy atom. The predicted octanol–water partition coefficient (Wildman–Crippen LogP) is 3.21. The van der Waals surface area contributed by atoms with Crippen LogP contribution in [-0.4, -0.2) is 11.1 Å². The summed E-state index contributed by atoms with van der Waals surface area (Å²) in [5.41, 5.74) is 8.22. The minimum Gasteiger partial charge on any atom is -0.388 e. The molecule has 0 fully saturated rings. The third kappa shape index (κ3) is 4.66. The van der Waals surface area contributed by atoms with Crippen molar-refractivity contribution in [1.29, 1.82) is 0 Å². The van der Waals surface area contributed by atoms with Crippen molar-refractivity contribution in [3.63, 3.8) is 0 Å². The maximum absolute atomic E-state index is 10.2. The summed E-state index contributed by atoms with van der Waals surface area (Å²) in [6, 6.07) is 7.92. The van der Waals surface area contributed by atoms with Gasteiger partial charge in [-0.2, -0.15) is 0 Å². The van der Waals surface area contributed by atoms with Crippen LogP contribution in [0, 0.1) is 12.3 Å². The smallest absolute Gasteiger partial charge is 0.0807 e. The van der Waals surface area contributed by atoms with Crippen molar-refractivity contribution in [2.24, 2.45) is 11.1 Å². The van der Waals surface area contributed by atoms with Gasteiger partial charge in [-0.1, -0.05) is 45.0 Å². The quantitative estimate of drug-likeness (QED) is 0.874. The molecule has 1 rings (SSSR count). The highest BCUT2D eigenvalue weighted by Crippen LogP contribution is 2.27. The molecule has 0 spiro atoms. The zero-order valence-electron chi connectivity index (χ0n) is 11.1. The van der Waals surface area contributed by atoms with E-state index in [4.69, 9.17) is 5.73 Å². The fourth-order valence-corrected chi connectivity index (χ4v) is 1.68. The lowest BCUT2D eigenvalue weighted by Gasteiger charge is -2.29. The number of aryl methyl sites for hydroxylation is 1. The highest BCUT2D eigenvalue weighted by molar-refractivity contribution is 5.85. The van der Waals surface area contributed by atoms with Crippen LogP contribution in [0.3, 0.4) is 0 Å². The van der Waals surface area contributed by atoms with E-state index in [2.05, 4.69) is 20.8 Å². The first kappa shape index (κ1) is 16.4. The largest absolute Gasteiger partial charge is 0.388 e. The van der Waals surface area contributed by atoms with Crippen LogP contribution in [0.2, 0.25) is 0 Å². The SMILES string of the molecule is Cc1ccccc1[C@H](O)C[C@@H](N)C(C)(C)C.Cl. The van der Waals surface area contributed by atoms with Crippen molar-refractivity contribution in [3.8, 4) is 0 Å². The molecule has 0 radical (unpaired) electrons. The summed E-state index contributed by atoms with van der Waals surface area (Å²) in [7, 11) is 0. The molecular formula is C14H24ClNO. The molecule has 3 heteroatoms. The topological polar surface area (TPSA) is 46.2 Å². The van der Waals surface area contributed by atoms with Gasteiger partial charge >= 0.3 is 0 Å². The monoisotopic (exact) mass is 257 g/mol. The molecule has 0 aliphatic rings. The Kier molecular flexibility index (Phi) is 6.17. The van der Waals surface area contributed by atoms with Crippen molar-refractivity contribution in [2.75, 3.05) is 0 Å². The standard InChI is InChI=1S/C14H23NO.ClH/c1-10-7-5-6-8-11(10)12(16)9-13(15)14(2,3)4;/h5-8,12-13,16H,9,15H2,1-4H3;1H/t12-,13-;/m1./s1. The van der Waals surface area contributed by atoms with E-state index >= 15 is 0 Å². The molecule has 0 saturated heterocycles. The lowest BCUT2D eigenvalue weighted by atomic mass is 9.83. The van der Waals surface area contributed by atoms with Gasteiger partial charge in [0.15, 0.2) is 0 Å². The predicted molar refractivity (Wildman–Crippen MR) is 75.4 cm³/mol. The van der Waals surface area contributed by atoms with Gasteiger partial charge in [0.25, 0.3) is 0 Å². The molecule has 2 nitrogen and oxygen atoms in total. The van der Waals surface area contributed by atoms with Crippen LogP contribution >= 0.6 is 12.4 Å². The average molecular weight is 258 g/mol. The summed E-state index contributed by atoms with van der Waals surface area (Å²) in [6.07, 6.45) is 0.143. The second-order valence-corrected chi connectivity index (χ2v) is 5.58. The van der Waals surface area contributed by atoms with Crippen molar-refractivity contribution in [1.82, 2.24) is 0 Å². The first-order chi connectivity index (χ1) is 7.32. The van der Waals surface area contributed by atoms with Gasteiger partial charge in [0, 0.05) is 6.04 Å². The molecule has 0 amide bonds. The molecule has 17 heavy (non-hydrogen) atoms. The van der Waals surface area contributed by atoms with Crippen LogP contribution in [0.5, 0.6) is 0 Å². The molecule has 0 saturated carbocycles. The number of benzene rings is 1. The Hall–Kier alpha value is -0.570. The van der Waals surface area contributed by atoms with Crippen LogP contribution in [0.25, 0.3) is 0 Å². The Bertz CT molecular complexity index is 346. The van der Waals surface area contributed by atoms with Gasteiger partial charge in [-0.05, 0) is 29.9 Å². The number of hydrogen-bond acceptors (Lipinski definition) is 2. The molecule has 0 aromatic heterocycles. The number of nitrogens with two attached hydrogens (primary N) is 1. The Morgan fingerprint density at radius 3 is 2.24 bits per heavy atom. The van der Waals surface area contributed by atoms with E-state index in [-0.39, 0.29) is 23.9 Å². The molecule has 2 atom stereocenters. The molecule has 1 aromatic carbocycles. The zero-order chi connectivity index (χ0) is 12.3. The zero-order valence-corrected chi connectivity index (χ0v) is 11.9. The van der Waals surface area contributed by atoms with Crippen molar-refractivity contribution < 1.29 is 5.11 Å². The van der Waals surface area contributed by atoms with Gasteiger partial charge in [0.1, 0.15) is 0 Å². The molecular weight excluding hydrogens is 234 g/mol. The minimum atomic E-state index is -0.463. The Morgan fingerprint density at radius 1 is 1.24 bits per heavy atom. The van der Waals surface area contributed by atoms with Crippen molar-refractivity contribution in [3.05, 3.63) is 35.4 Å². The van der Waals surface area contributed by atoms with E-state index < -0.39 is 6.10 Å². The summed E-state index contributed by atoms with van der Waals surface area (Å²) in [5.74, 6) is 0. The summed E-state index contributed by atoms with van der Waals surface area (Å²) >= 11 is 0. The molecule has 0 aliphatic carbocycles. The lowest BCUT2D eigenvalue weighted by molar-refractivity contribution is 0.133. The number of aliphatic hydroxyl groups is 1. The van der Waals surface area contributed by atoms with Crippen molar-refractivity contribution in [2.45, 2.75) is 46.3 Å². The average Bonchev–Trinajstić information content (AvgIpc) is 2.16. The number of rotatable bonds is 3. The molecule has 0 unspecified atom stereocenters. The van der Waals surface area contributed by atoms with E-state index in [1.807, 2.05) is 31.2 Å². The van der Waals surface area contributed by atoms with Crippen molar-refractivity contribution >= 4 is 12.4 Å². The van der Waals surface area contributed by atoms with E-state index in [1.165, 1.54) is 0 Å². The van der Waals surface area contributed by atoms with Gasteiger partial charge in [0.05, 0.1) is 6.10 Å². The number of hydrogen-bond donors (Lipinski definition) is 2. The summed E-state index contributed by atoms with van der Waals surface area (Å²) in [6.45, 7) is 8.31. The van der Waals surface area contributed by atoms with Crippen LogP contribution in [0.1, 0.15) is 44.4 Å². The maximum atomic E-state index is 10.2. The molecule has 1 aromatic rings. The van der Waals surface area contributed by atoms with Crippen LogP contribution < -0.4 is 5.73 Å². The third-order valence-corrected chi connectivity index (χ3v) is 3.14. The van der Waals surface area contributed by atoms with Crippen LogP contribution in [-0.2, 0) is 0 Å². The van der Waals surface area contributed by atoms with E-state index in [9.17, 15) is 5.11 Å². The third-order valence-electron chi connectivity index (χ3n) is 3.14. The fraction of sp³-hybridized carbons (Fsp3) is 0.571. The van der Waals surface area contributed by atoms with Gasteiger partial charge < -0.3 is 10.8 Å². The Balaban J connectivity index is 0.00000256. The second kappa shape index (κ2) is 6.39. The number of halogens is 1. The van der Waals surface area contributed by atoms with Crippen LogP contribution in [0.4, 0.5) is 0 Å². The molecule has 0 bridgehead atoms. The van der Waals surface area contributed by atoms with Gasteiger partial charge in [-0.3, -0.25) is 0 Å². The highest BCUT2D eigenvalue weighted by Gasteiger charge is 2.24. The number of aliphatic hydroxyl groups excluding tert-OH is 1. The highest BCUT2D eigenvalue weighted by atomic mass is 35.5. The molecule has 98 valence electrons. The van der Waals surface area contributed by atoms with E-state index in [0.29, 0.717) is 6.42 Å². The summed E-state index contributed by atoms with van der Waals surface area (Å²) in [4.78, 5) is 0. The maximum Gasteiger partial charge on any atom is 0.0807 e. The molecule has 3 N–H and O–H groups in total. The minimum absolute atomic E-state index is 0. The Labute approximate surface area is 111 Å². The lowest BCUT2D eigenvalue weighted by Crippen LogP contribution is -2.36. The fourth-order valence-electron chi connectivity index (χ4n) is 1.68. The first-order valence-corrected chi connectivity index (χ1v) is 5.81. The second-order valence-electron chi connectivity index (χ2n) is 5.58. The van der Waals surface area contributed by atoms with Crippen LogP contribution in [0.15, 0.2) is 24.3 Å². The van der Waals surface area contributed by atoms with Gasteiger partial charge in [-0.25, -0.2) is 0 Å².